The van der Waals surface area contributed by atoms with Crippen molar-refractivity contribution in [2.45, 2.75) is 4.90 Å². The highest BCUT2D eigenvalue weighted by Gasteiger charge is 2.25. The Morgan fingerprint density at radius 2 is 1.90 bits per heavy atom. The predicted octanol–water partition coefficient (Wildman–Crippen LogP) is 2.55. The van der Waals surface area contributed by atoms with Crippen LogP contribution in [0.25, 0.3) is 0 Å². The summed E-state index contributed by atoms with van der Waals surface area (Å²) in [5.41, 5.74) is -0.493. The summed E-state index contributed by atoms with van der Waals surface area (Å²) in [5.74, 6) is 0.0608. The number of sulfonamides is 1. The van der Waals surface area contributed by atoms with Gasteiger partial charge >= 0.3 is 0 Å². The number of nitrogens with zero attached hydrogens (tertiary/aromatic N) is 2. The van der Waals surface area contributed by atoms with Crippen LogP contribution in [0.15, 0.2) is 52.0 Å². The number of nitro groups is 1. The van der Waals surface area contributed by atoms with Gasteiger partial charge in [0.15, 0.2) is 10.7 Å². The molecule has 0 aliphatic heterocycles. The summed E-state index contributed by atoms with van der Waals surface area (Å²) in [6.45, 7) is 0. The smallest absolute Gasteiger partial charge is 0.262 e. The topological polar surface area (TPSA) is 102 Å². The largest absolute Gasteiger partial charge is 0.289 e. The second-order valence-corrected chi connectivity index (χ2v) is 6.17. The van der Waals surface area contributed by atoms with Crippen LogP contribution in [0, 0.1) is 10.1 Å². The van der Waals surface area contributed by atoms with Crippen LogP contribution in [-0.4, -0.2) is 18.3 Å². The fourth-order valence-corrected chi connectivity index (χ4v) is 3.17. The van der Waals surface area contributed by atoms with Crippen molar-refractivity contribution in [2.24, 2.45) is 0 Å². The third-order valence-corrected chi connectivity index (χ3v) is 4.37. The molecule has 0 atom stereocenters. The molecule has 0 amide bonds. The van der Waals surface area contributed by atoms with Gasteiger partial charge in [-0.1, -0.05) is 12.1 Å². The van der Waals surface area contributed by atoms with Crippen LogP contribution < -0.4 is 4.72 Å². The van der Waals surface area contributed by atoms with Gasteiger partial charge in [0.25, 0.3) is 15.7 Å². The van der Waals surface area contributed by atoms with E-state index in [4.69, 9.17) is 0 Å². The first-order chi connectivity index (χ1) is 9.42. The third-order valence-electron chi connectivity index (χ3n) is 2.34. The molecule has 7 nitrogen and oxygen atoms in total. The highest BCUT2D eigenvalue weighted by atomic mass is 79.9. The van der Waals surface area contributed by atoms with Crippen LogP contribution in [0.2, 0.25) is 0 Å². The maximum atomic E-state index is 12.2. The zero-order chi connectivity index (χ0) is 14.8. The highest BCUT2D eigenvalue weighted by molar-refractivity contribution is 9.10. The van der Waals surface area contributed by atoms with Crippen LogP contribution in [0.4, 0.5) is 11.5 Å². The molecule has 0 aliphatic rings. The van der Waals surface area contributed by atoms with Gasteiger partial charge in [-0.25, -0.2) is 13.4 Å². The molecule has 1 aromatic carbocycles. The lowest BCUT2D eigenvalue weighted by Crippen LogP contribution is -2.15. The van der Waals surface area contributed by atoms with Gasteiger partial charge in [-0.05, 0) is 34.1 Å². The van der Waals surface area contributed by atoms with Gasteiger partial charge in [-0.3, -0.25) is 14.8 Å². The van der Waals surface area contributed by atoms with E-state index in [-0.39, 0.29) is 5.82 Å². The minimum Gasteiger partial charge on any atom is -0.262 e. The third kappa shape index (κ3) is 2.94. The first-order valence-corrected chi connectivity index (χ1v) is 7.56. The Kier molecular flexibility index (Phi) is 4.00. The lowest BCUT2D eigenvalue weighted by atomic mass is 10.3. The van der Waals surface area contributed by atoms with Gasteiger partial charge in [0, 0.05) is 12.3 Å². The van der Waals surface area contributed by atoms with E-state index >= 15 is 0 Å². The number of para-hydroxylation sites is 1. The Morgan fingerprint density at radius 1 is 1.20 bits per heavy atom. The Bertz CT molecular complexity index is 764. The SMILES string of the molecule is O=[N+]([O-])c1ccccc1S(=O)(=O)Nc1ncccc1Br. The molecule has 1 N–H and O–H groups in total. The van der Waals surface area contributed by atoms with E-state index in [0.29, 0.717) is 4.47 Å². The molecule has 0 bridgehead atoms. The average molecular weight is 358 g/mol. The summed E-state index contributed by atoms with van der Waals surface area (Å²) in [4.78, 5) is 13.6. The van der Waals surface area contributed by atoms with Crippen LogP contribution in [0.1, 0.15) is 0 Å². The van der Waals surface area contributed by atoms with Crippen LogP contribution in [0.3, 0.4) is 0 Å². The van der Waals surface area contributed by atoms with Gasteiger partial charge in [0.2, 0.25) is 0 Å². The maximum Gasteiger partial charge on any atom is 0.289 e. The van der Waals surface area contributed by atoms with Crippen molar-refractivity contribution < 1.29 is 13.3 Å². The summed E-state index contributed by atoms with van der Waals surface area (Å²) in [6.07, 6.45) is 1.40. The molecular formula is C11H8BrN3O4S. The Balaban J connectivity index is 2.47. The van der Waals surface area contributed by atoms with Crippen LogP contribution >= 0.6 is 15.9 Å². The minimum atomic E-state index is -4.10. The molecule has 0 saturated heterocycles. The number of pyridine rings is 1. The van der Waals surface area contributed by atoms with E-state index in [9.17, 15) is 18.5 Å². The van der Waals surface area contributed by atoms with Gasteiger partial charge in [-0.15, -0.1) is 0 Å². The first kappa shape index (κ1) is 14.4. The van der Waals surface area contributed by atoms with Crippen molar-refractivity contribution >= 4 is 37.5 Å². The lowest BCUT2D eigenvalue weighted by molar-refractivity contribution is -0.387. The Labute approximate surface area is 123 Å². The van der Waals surface area contributed by atoms with E-state index in [1.54, 1.807) is 12.1 Å². The zero-order valence-electron chi connectivity index (χ0n) is 9.86. The molecule has 0 radical (unpaired) electrons. The number of rotatable bonds is 4. The quantitative estimate of drug-likeness (QED) is 0.668. The van der Waals surface area contributed by atoms with E-state index in [1.807, 2.05) is 0 Å². The molecule has 0 aliphatic carbocycles. The number of anilines is 1. The van der Waals surface area contributed by atoms with Crippen molar-refractivity contribution in [3.05, 3.63) is 57.2 Å². The molecule has 0 fully saturated rings. The van der Waals surface area contributed by atoms with E-state index in [1.165, 1.54) is 18.3 Å². The average Bonchev–Trinajstić information content (AvgIpc) is 2.41. The number of halogens is 1. The summed E-state index contributed by atoms with van der Waals surface area (Å²) < 4.78 is 27.0. The summed E-state index contributed by atoms with van der Waals surface area (Å²) in [6, 6.07) is 8.32. The number of hydrogen-bond donors (Lipinski definition) is 1. The number of benzene rings is 1. The standard InChI is InChI=1S/C11H8BrN3O4S/c12-8-4-3-7-13-11(8)14-20(18,19)10-6-2-1-5-9(10)15(16)17/h1-7H,(H,13,14). The molecule has 2 aromatic rings. The number of nitrogens with one attached hydrogen (secondary N) is 1. The van der Waals surface area contributed by atoms with Crippen molar-refractivity contribution in [1.29, 1.82) is 0 Å². The molecular weight excluding hydrogens is 350 g/mol. The first-order valence-electron chi connectivity index (χ1n) is 5.28. The predicted molar refractivity (Wildman–Crippen MR) is 75.8 cm³/mol. The molecule has 20 heavy (non-hydrogen) atoms. The summed E-state index contributed by atoms with van der Waals surface area (Å²) in [5, 5.41) is 10.9. The van der Waals surface area contributed by atoms with Gasteiger partial charge in [0.05, 0.1) is 9.40 Å². The molecule has 104 valence electrons. The maximum absolute atomic E-state index is 12.2. The molecule has 9 heteroatoms. The number of aromatic nitrogens is 1. The van der Waals surface area contributed by atoms with Crippen molar-refractivity contribution in [3.63, 3.8) is 0 Å². The monoisotopic (exact) mass is 357 g/mol. The Hall–Kier alpha value is -2.00. The van der Waals surface area contributed by atoms with Gasteiger partial charge in [-0.2, -0.15) is 0 Å². The highest BCUT2D eigenvalue weighted by Crippen LogP contribution is 2.27. The fraction of sp³-hybridized carbons (Fsp3) is 0. The van der Waals surface area contributed by atoms with Crippen molar-refractivity contribution in [1.82, 2.24) is 4.98 Å². The normalized spacial score (nSPS) is 11.1. The van der Waals surface area contributed by atoms with E-state index in [0.717, 1.165) is 12.1 Å². The Morgan fingerprint density at radius 3 is 2.55 bits per heavy atom. The van der Waals surface area contributed by atoms with E-state index < -0.39 is 25.5 Å². The second kappa shape index (κ2) is 5.55. The van der Waals surface area contributed by atoms with E-state index in [2.05, 4.69) is 25.6 Å². The van der Waals surface area contributed by atoms with Crippen LogP contribution in [0.5, 0.6) is 0 Å². The number of nitro benzene ring substituents is 1. The molecule has 1 heterocycles. The molecule has 0 spiro atoms. The second-order valence-electron chi connectivity index (χ2n) is 3.66. The minimum absolute atomic E-state index is 0.0608. The zero-order valence-corrected chi connectivity index (χ0v) is 12.3. The molecule has 2 rings (SSSR count). The molecule has 0 saturated carbocycles. The molecule has 0 unspecified atom stereocenters. The number of hydrogen-bond acceptors (Lipinski definition) is 5. The van der Waals surface area contributed by atoms with Crippen molar-refractivity contribution in [3.8, 4) is 0 Å². The summed E-state index contributed by atoms with van der Waals surface area (Å²) in [7, 11) is -4.10. The van der Waals surface area contributed by atoms with Gasteiger partial charge < -0.3 is 0 Å². The van der Waals surface area contributed by atoms with Gasteiger partial charge in [0.1, 0.15) is 0 Å². The lowest BCUT2D eigenvalue weighted by Gasteiger charge is -2.08. The molecule has 1 aromatic heterocycles. The fourth-order valence-electron chi connectivity index (χ4n) is 1.48. The van der Waals surface area contributed by atoms with Crippen molar-refractivity contribution in [2.75, 3.05) is 4.72 Å². The van der Waals surface area contributed by atoms with Crippen LogP contribution in [-0.2, 0) is 10.0 Å². The summed E-state index contributed by atoms with van der Waals surface area (Å²) >= 11 is 3.15.